The van der Waals surface area contributed by atoms with Crippen LogP contribution in [-0.4, -0.2) is 47.2 Å². The van der Waals surface area contributed by atoms with E-state index in [0.717, 1.165) is 28.4 Å². The third kappa shape index (κ3) is 4.62. The molecule has 2 aromatic heterocycles. The Bertz CT molecular complexity index is 935. The second-order valence-electron chi connectivity index (χ2n) is 6.39. The topological polar surface area (TPSA) is 81.1 Å². The van der Waals surface area contributed by atoms with Crippen LogP contribution in [0.1, 0.15) is 21.7 Å². The van der Waals surface area contributed by atoms with Gasteiger partial charge >= 0.3 is 0 Å². The lowest BCUT2D eigenvalue weighted by molar-refractivity contribution is 0.0954. The molecule has 0 saturated carbocycles. The van der Waals surface area contributed by atoms with E-state index in [2.05, 4.69) is 20.6 Å². The number of aromatic nitrogens is 3. The molecule has 3 aromatic rings. The van der Waals surface area contributed by atoms with Crippen LogP contribution in [0.5, 0.6) is 0 Å². The summed E-state index contributed by atoms with van der Waals surface area (Å²) < 4.78 is 7.02. The number of aryl methyl sites for hydroxylation is 2. The third-order valence-electron chi connectivity index (χ3n) is 4.35. The number of hydrogen-bond acceptors (Lipinski definition) is 5. The van der Waals surface area contributed by atoms with E-state index >= 15 is 0 Å². The average molecular weight is 367 g/mol. The Kier molecular flexibility index (Phi) is 6.03. The molecule has 7 nitrogen and oxygen atoms in total. The molecule has 0 spiro atoms. The Balaban J connectivity index is 1.64. The van der Waals surface area contributed by atoms with Gasteiger partial charge in [0, 0.05) is 50.6 Å². The second kappa shape index (κ2) is 8.64. The van der Waals surface area contributed by atoms with Crippen molar-refractivity contribution in [3.05, 3.63) is 53.3 Å². The van der Waals surface area contributed by atoms with Crippen LogP contribution in [-0.2, 0) is 18.2 Å². The van der Waals surface area contributed by atoms with Crippen molar-refractivity contribution >= 4 is 22.9 Å². The first kappa shape index (κ1) is 18.8. The number of rotatable bonds is 8. The zero-order valence-corrected chi connectivity index (χ0v) is 16.0. The van der Waals surface area contributed by atoms with E-state index < -0.39 is 0 Å². The van der Waals surface area contributed by atoms with Crippen LogP contribution in [0.4, 0.5) is 5.95 Å². The minimum absolute atomic E-state index is 0.107. The number of nitrogens with one attached hydrogen (secondary N) is 2. The molecule has 1 aromatic carbocycles. The van der Waals surface area contributed by atoms with Gasteiger partial charge < -0.3 is 19.9 Å². The number of carbonyl (C=O) groups is 1. The Labute approximate surface area is 158 Å². The second-order valence-corrected chi connectivity index (χ2v) is 6.39. The molecule has 0 aliphatic carbocycles. The molecular weight excluding hydrogens is 342 g/mol. The number of ether oxygens (including phenoxy) is 1. The largest absolute Gasteiger partial charge is 0.383 e. The van der Waals surface area contributed by atoms with Crippen molar-refractivity contribution < 1.29 is 9.53 Å². The SMILES string of the molecule is COCCNc1nc2cc(C(=O)NCCc3cccc(C)n3)ccc2n1C. The maximum atomic E-state index is 12.4. The molecule has 7 heteroatoms. The predicted octanol–water partition coefficient (Wildman–Crippen LogP) is 2.31. The van der Waals surface area contributed by atoms with E-state index in [1.54, 1.807) is 7.11 Å². The number of nitrogens with zero attached hydrogens (tertiary/aromatic N) is 3. The summed E-state index contributed by atoms with van der Waals surface area (Å²) in [6, 6.07) is 11.5. The van der Waals surface area contributed by atoms with Crippen molar-refractivity contribution in [3.63, 3.8) is 0 Å². The van der Waals surface area contributed by atoms with Crippen molar-refractivity contribution in [1.82, 2.24) is 19.9 Å². The summed E-state index contributed by atoms with van der Waals surface area (Å²) in [5.74, 6) is 0.647. The highest BCUT2D eigenvalue weighted by atomic mass is 16.5. The van der Waals surface area contributed by atoms with Gasteiger partial charge in [-0.1, -0.05) is 6.07 Å². The predicted molar refractivity (Wildman–Crippen MR) is 106 cm³/mol. The molecule has 1 amide bonds. The number of pyridine rings is 1. The van der Waals surface area contributed by atoms with Gasteiger partial charge in [0.1, 0.15) is 0 Å². The number of imidazole rings is 1. The number of hydrogen-bond donors (Lipinski definition) is 2. The van der Waals surface area contributed by atoms with E-state index in [4.69, 9.17) is 4.74 Å². The van der Waals surface area contributed by atoms with Gasteiger partial charge in [0.15, 0.2) is 0 Å². The highest BCUT2D eigenvalue weighted by molar-refractivity contribution is 5.97. The summed E-state index contributed by atoms with van der Waals surface area (Å²) >= 11 is 0. The monoisotopic (exact) mass is 367 g/mol. The molecule has 3 rings (SSSR count). The van der Waals surface area contributed by atoms with Gasteiger partial charge in [-0.15, -0.1) is 0 Å². The highest BCUT2D eigenvalue weighted by Gasteiger charge is 2.11. The zero-order valence-electron chi connectivity index (χ0n) is 16.0. The highest BCUT2D eigenvalue weighted by Crippen LogP contribution is 2.19. The van der Waals surface area contributed by atoms with Crippen molar-refractivity contribution in [2.45, 2.75) is 13.3 Å². The first-order valence-electron chi connectivity index (χ1n) is 8.98. The van der Waals surface area contributed by atoms with Gasteiger partial charge in [-0.3, -0.25) is 9.78 Å². The van der Waals surface area contributed by atoms with Crippen molar-refractivity contribution in [2.24, 2.45) is 7.05 Å². The van der Waals surface area contributed by atoms with E-state index in [1.807, 2.05) is 54.9 Å². The molecular formula is C20H25N5O2. The molecule has 0 saturated heterocycles. The summed E-state index contributed by atoms with van der Waals surface area (Å²) in [6.07, 6.45) is 0.701. The number of fused-ring (bicyclic) bond motifs is 1. The number of benzene rings is 1. The van der Waals surface area contributed by atoms with Crippen molar-refractivity contribution in [3.8, 4) is 0 Å². The van der Waals surface area contributed by atoms with Gasteiger partial charge in [0.05, 0.1) is 17.6 Å². The fourth-order valence-electron chi connectivity index (χ4n) is 2.91. The van der Waals surface area contributed by atoms with Crippen molar-refractivity contribution in [1.29, 1.82) is 0 Å². The Morgan fingerprint density at radius 2 is 2.04 bits per heavy atom. The quantitative estimate of drug-likeness (QED) is 0.597. The summed E-state index contributed by atoms with van der Waals surface area (Å²) in [6.45, 7) is 3.78. The lowest BCUT2D eigenvalue weighted by Crippen LogP contribution is -2.25. The number of anilines is 1. The van der Waals surface area contributed by atoms with E-state index in [9.17, 15) is 4.79 Å². The molecule has 0 bridgehead atoms. The third-order valence-corrected chi connectivity index (χ3v) is 4.35. The fraction of sp³-hybridized carbons (Fsp3) is 0.350. The lowest BCUT2D eigenvalue weighted by atomic mass is 10.2. The zero-order chi connectivity index (χ0) is 19.2. The van der Waals surface area contributed by atoms with Crippen LogP contribution in [0.3, 0.4) is 0 Å². The summed E-state index contributed by atoms with van der Waals surface area (Å²) in [5, 5.41) is 6.18. The molecule has 2 N–H and O–H groups in total. The van der Waals surface area contributed by atoms with Crippen LogP contribution in [0, 0.1) is 6.92 Å². The first-order chi connectivity index (χ1) is 13.1. The van der Waals surface area contributed by atoms with Crippen LogP contribution < -0.4 is 10.6 Å². The molecule has 0 atom stereocenters. The number of amides is 1. The normalized spacial score (nSPS) is 10.9. The molecule has 0 unspecified atom stereocenters. The maximum Gasteiger partial charge on any atom is 0.251 e. The summed E-state index contributed by atoms with van der Waals surface area (Å²) in [7, 11) is 3.61. The summed E-state index contributed by atoms with van der Waals surface area (Å²) in [5.41, 5.74) is 4.30. The molecule has 27 heavy (non-hydrogen) atoms. The average Bonchev–Trinajstić information content (AvgIpc) is 2.97. The molecule has 0 radical (unpaired) electrons. The minimum Gasteiger partial charge on any atom is -0.383 e. The lowest BCUT2D eigenvalue weighted by Gasteiger charge is -2.06. The number of carbonyl (C=O) groups excluding carboxylic acids is 1. The fourth-order valence-corrected chi connectivity index (χ4v) is 2.91. The maximum absolute atomic E-state index is 12.4. The van der Waals surface area contributed by atoms with Gasteiger partial charge in [0.2, 0.25) is 5.95 Å². The summed E-state index contributed by atoms with van der Waals surface area (Å²) in [4.78, 5) is 21.5. The molecule has 0 aliphatic heterocycles. The van der Waals surface area contributed by atoms with E-state index in [0.29, 0.717) is 31.7 Å². The Hall–Kier alpha value is -2.93. The standard InChI is InChI=1S/C20H25N5O2/c1-14-5-4-6-16(23-14)9-10-21-19(26)15-7-8-18-17(13-15)24-20(25(18)2)22-11-12-27-3/h4-8,13H,9-12H2,1-3H3,(H,21,26)(H,22,24). The van der Waals surface area contributed by atoms with Gasteiger partial charge in [-0.05, 0) is 37.3 Å². The van der Waals surface area contributed by atoms with Gasteiger partial charge in [-0.2, -0.15) is 0 Å². The molecule has 2 heterocycles. The van der Waals surface area contributed by atoms with Crippen LogP contribution in [0.2, 0.25) is 0 Å². The first-order valence-corrected chi connectivity index (χ1v) is 8.98. The molecule has 0 aliphatic rings. The number of methoxy groups -OCH3 is 1. The van der Waals surface area contributed by atoms with Crippen LogP contribution in [0.25, 0.3) is 11.0 Å². The smallest absolute Gasteiger partial charge is 0.251 e. The van der Waals surface area contributed by atoms with E-state index in [-0.39, 0.29) is 5.91 Å². The molecule has 142 valence electrons. The van der Waals surface area contributed by atoms with Crippen LogP contribution in [0.15, 0.2) is 36.4 Å². The van der Waals surface area contributed by atoms with Gasteiger partial charge in [-0.25, -0.2) is 4.98 Å². The van der Waals surface area contributed by atoms with Gasteiger partial charge in [0.25, 0.3) is 5.91 Å². The molecule has 0 fully saturated rings. The van der Waals surface area contributed by atoms with E-state index in [1.165, 1.54) is 0 Å². The van der Waals surface area contributed by atoms with Crippen molar-refractivity contribution in [2.75, 3.05) is 32.1 Å². The minimum atomic E-state index is -0.107. The Morgan fingerprint density at radius 1 is 1.19 bits per heavy atom. The Morgan fingerprint density at radius 3 is 2.81 bits per heavy atom. The van der Waals surface area contributed by atoms with Crippen LogP contribution >= 0.6 is 0 Å².